The number of pyridine rings is 2. The van der Waals surface area contributed by atoms with Crippen LogP contribution in [0.15, 0.2) is 36.7 Å². The van der Waals surface area contributed by atoms with Crippen LogP contribution in [0.2, 0.25) is 0 Å². The first kappa shape index (κ1) is 9.93. The molecular formula is C11H9N5. The maximum atomic E-state index is 8.62. The molecule has 2 aromatic rings. The van der Waals surface area contributed by atoms with E-state index in [2.05, 4.69) is 15.3 Å². The molecular weight excluding hydrogens is 202 g/mol. The van der Waals surface area contributed by atoms with Crippen molar-refractivity contribution in [2.75, 3.05) is 11.1 Å². The standard InChI is InChI=1S/C11H9N5/c12-6-8-3-4-10(15-7-8)16-11-9(13)2-1-5-14-11/h1-5,7H,13H2,(H,14,15,16). The molecule has 0 aliphatic rings. The van der Waals surface area contributed by atoms with Gasteiger partial charge in [0, 0.05) is 12.4 Å². The molecule has 2 rings (SSSR count). The summed E-state index contributed by atoms with van der Waals surface area (Å²) < 4.78 is 0. The van der Waals surface area contributed by atoms with Gasteiger partial charge >= 0.3 is 0 Å². The van der Waals surface area contributed by atoms with Gasteiger partial charge in [-0.05, 0) is 24.3 Å². The lowest BCUT2D eigenvalue weighted by Crippen LogP contribution is -1.99. The Kier molecular flexibility index (Phi) is 2.65. The van der Waals surface area contributed by atoms with Gasteiger partial charge in [-0.2, -0.15) is 5.26 Å². The second-order valence-electron chi connectivity index (χ2n) is 3.11. The summed E-state index contributed by atoms with van der Waals surface area (Å²) in [4.78, 5) is 8.13. The highest BCUT2D eigenvalue weighted by Crippen LogP contribution is 2.17. The Bertz CT molecular complexity index is 527. The molecule has 0 aromatic carbocycles. The topological polar surface area (TPSA) is 87.6 Å². The van der Waals surface area contributed by atoms with E-state index >= 15 is 0 Å². The molecule has 0 saturated heterocycles. The molecule has 2 heterocycles. The Morgan fingerprint density at radius 1 is 1.25 bits per heavy atom. The number of rotatable bonds is 2. The smallest absolute Gasteiger partial charge is 0.154 e. The lowest BCUT2D eigenvalue weighted by atomic mass is 10.3. The van der Waals surface area contributed by atoms with Crippen LogP contribution in [0.5, 0.6) is 0 Å². The minimum absolute atomic E-state index is 0.513. The van der Waals surface area contributed by atoms with E-state index < -0.39 is 0 Å². The van der Waals surface area contributed by atoms with Gasteiger partial charge in [-0.15, -0.1) is 0 Å². The van der Waals surface area contributed by atoms with Crippen molar-refractivity contribution in [3.63, 3.8) is 0 Å². The molecule has 16 heavy (non-hydrogen) atoms. The molecule has 0 aliphatic carbocycles. The normalized spacial score (nSPS) is 9.44. The van der Waals surface area contributed by atoms with Crippen molar-refractivity contribution in [3.8, 4) is 6.07 Å². The summed E-state index contributed by atoms with van der Waals surface area (Å²) in [6.45, 7) is 0. The summed E-state index contributed by atoms with van der Waals surface area (Å²) in [7, 11) is 0. The lowest BCUT2D eigenvalue weighted by Gasteiger charge is -2.06. The number of nitrogens with one attached hydrogen (secondary N) is 1. The third-order valence-corrected chi connectivity index (χ3v) is 1.98. The zero-order chi connectivity index (χ0) is 11.4. The van der Waals surface area contributed by atoms with Crippen molar-refractivity contribution in [2.24, 2.45) is 0 Å². The van der Waals surface area contributed by atoms with Crippen molar-refractivity contribution < 1.29 is 0 Å². The Morgan fingerprint density at radius 3 is 2.75 bits per heavy atom. The van der Waals surface area contributed by atoms with Gasteiger partial charge < -0.3 is 11.1 Å². The van der Waals surface area contributed by atoms with Crippen LogP contribution in [0.25, 0.3) is 0 Å². The van der Waals surface area contributed by atoms with Crippen LogP contribution >= 0.6 is 0 Å². The van der Waals surface area contributed by atoms with E-state index in [0.717, 1.165) is 0 Å². The number of hydrogen-bond donors (Lipinski definition) is 2. The quantitative estimate of drug-likeness (QED) is 0.788. The summed E-state index contributed by atoms with van der Waals surface area (Å²) in [5, 5.41) is 11.6. The summed E-state index contributed by atoms with van der Waals surface area (Å²) in [6, 6.07) is 8.88. The highest BCUT2D eigenvalue weighted by molar-refractivity contribution is 5.66. The second-order valence-corrected chi connectivity index (χ2v) is 3.11. The van der Waals surface area contributed by atoms with Crippen molar-refractivity contribution in [3.05, 3.63) is 42.2 Å². The molecule has 3 N–H and O–H groups in total. The van der Waals surface area contributed by atoms with Gasteiger partial charge in [0.25, 0.3) is 0 Å². The molecule has 0 spiro atoms. The molecule has 0 fully saturated rings. The first-order valence-corrected chi connectivity index (χ1v) is 4.63. The van der Waals surface area contributed by atoms with Crippen molar-refractivity contribution in [2.45, 2.75) is 0 Å². The van der Waals surface area contributed by atoms with Gasteiger partial charge in [-0.25, -0.2) is 9.97 Å². The molecule has 0 amide bonds. The number of nitriles is 1. The molecule has 0 atom stereocenters. The third kappa shape index (κ3) is 2.07. The van der Waals surface area contributed by atoms with Gasteiger partial charge in [-0.1, -0.05) is 0 Å². The monoisotopic (exact) mass is 211 g/mol. The number of nitrogens with zero attached hydrogens (tertiary/aromatic N) is 3. The SMILES string of the molecule is N#Cc1ccc(Nc2ncccc2N)nc1. The van der Waals surface area contributed by atoms with E-state index in [1.807, 2.05) is 6.07 Å². The minimum atomic E-state index is 0.513. The molecule has 0 radical (unpaired) electrons. The molecule has 5 heteroatoms. The fraction of sp³-hybridized carbons (Fsp3) is 0. The predicted octanol–water partition coefficient (Wildman–Crippen LogP) is 1.67. The summed E-state index contributed by atoms with van der Waals surface area (Å²) in [6.07, 6.45) is 3.13. The molecule has 0 unspecified atom stereocenters. The first-order chi connectivity index (χ1) is 7.79. The van der Waals surface area contributed by atoms with Crippen molar-refractivity contribution >= 4 is 17.3 Å². The Morgan fingerprint density at radius 2 is 2.12 bits per heavy atom. The van der Waals surface area contributed by atoms with Crippen LogP contribution in [0, 0.1) is 11.3 Å². The van der Waals surface area contributed by atoms with Crippen molar-refractivity contribution in [1.82, 2.24) is 9.97 Å². The number of nitrogen functional groups attached to an aromatic ring is 1. The molecule has 5 nitrogen and oxygen atoms in total. The van der Waals surface area contributed by atoms with Crippen LogP contribution in [-0.2, 0) is 0 Å². The van der Waals surface area contributed by atoms with Crippen LogP contribution in [0.4, 0.5) is 17.3 Å². The Labute approximate surface area is 92.6 Å². The maximum Gasteiger partial charge on any atom is 0.154 e. The van der Waals surface area contributed by atoms with E-state index in [-0.39, 0.29) is 0 Å². The van der Waals surface area contributed by atoms with E-state index in [4.69, 9.17) is 11.0 Å². The fourth-order valence-electron chi connectivity index (χ4n) is 1.18. The average molecular weight is 211 g/mol. The summed E-state index contributed by atoms with van der Waals surface area (Å²) >= 11 is 0. The van der Waals surface area contributed by atoms with Crippen molar-refractivity contribution in [1.29, 1.82) is 5.26 Å². The van der Waals surface area contributed by atoms with E-state index in [1.54, 1.807) is 30.5 Å². The molecule has 0 aliphatic heterocycles. The lowest BCUT2D eigenvalue weighted by molar-refractivity contribution is 1.24. The van der Waals surface area contributed by atoms with Gasteiger partial charge in [0.15, 0.2) is 5.82 Å². The number of anilines is 3. The molecule has 0 saturated carbocycles. The number of aromatic nitrogens is 2. The van der Waals surface area contributed by atoms with Gasteiger partial charge in [0.05, 0.1) is 11.3 Å². The molecule has 0 bridgehead atoms. The highest BCUT2D eigenvalue weighted by Gasteiger charge is 2.00. The molecule has 2 aromatic heterocycles. The zero-order valence-electron chi connectivity index (χ0n) is 8.38. The van der Waals surface area contributed by atoms with E-state index in [0.29, 0.717) is 22.9 Å². The van der Waals surface area contributed by atoms with Gasteiger partial charge in [0.1, 0.15) is 11.9 Å². The maximum absolute atomic E-state index is 8.62. The van der Waals surface area contributed by atoms with Gasteiger partial charge in [0.2, 0.25) is 0 Å². The highest BCUT2D eigenvalue weighted by atomic mass is 15.1. The second kappa shape index (κ2) is 4.28. The van der Waals surface area contributed by atoms with Gasteiger partial charge in [-0.3, -0.25) is 0 Å². The van der Waals surface area contributed by atoms with Crippen LogP contribution in [0.1, 0.15) is 5.56 Å². The third-order valence-electron chi connectivity index (χ3n) is 1.98. The number of nitrogens with two attached hydrogens (primary N) is 1. The zero-order valence-corrected chi connectivity index (χ0v) is 8.38. The first-order valence-electron chi connectivity index (χ1n) is 4.63. The predicted molar refractivity (Wildman–Crippen MR) is 60.9 cm³/mol. The Balaban J connectivity index is 2.22. The van der Waals surface area contributed by atoms with E-state index in [1.165, 1.54) is 6.20 Å². The van der Waals surface area contributed by atoms with Crippen LogP contribution < -0.4 is 11.1 Å². The van der Waals surface area contributed by atoms with Crippen LogP contribution in [0.3, 0.4) is 0 Å². The Hall–Kier alpha value is -2.61. The minimum Gasteiger partial charge on any atom is -0.396 e. The summed E-state index contributed by atoms with van der Waals surface area (Å²) in [5.41, 5.74) is 6.78. The molecule has 78 valence electrons. The average Bonchev–Trinajstić information content (AvgIpc) is 2.33. The largest absolute Gasteiger partial charge is 0.396 e. The van der Waals surface area contributed by atoms with E-state index in [9.17, 15) is 0 Å². The number of hydrogen-bond acceptors (Lipinski definition) is 5. The van der Waals surface area contributed by atoms with Crippen LogP contribution in [-0.4, -0.2) is 9.97 Å². The summed E-state index contributed by atoms with van der Waals surface area (Å²) in [5.74, 6) is 1.16. The fourth-order valence-corrected chi connectivity index (χ4v) is 1.18.